The van der Waals surface area contributed by atoms with E-state index >= 15 is 0 Å². The predicted octanol–water partition coefficient (Wildman–Crippen LogP) is -0.252. The third kappa shape index (κ3) is 5.44. The van der Waals surface area contributed by atoms with E-state index in [9.17, 15) is 5.11 Å². The van der Waals surface area contributed by atoms with E-state index in [1.165, 1.54) is 0 Å². The van der Waals surface area contributed by atoms with Crippen LogP contribution >= 0.6 is 12.4 Å². The van der Waals surface area contributed by atoms with Crippen LogP contribution in [-0.2, 0) is 9.47 Å². The van der Waals surface area contributed by atoms with Gasteiger partial charge in [0, 0.05) is 26.7 Å². The van der Waals surface area contributed by atoms with Gasteiger partial charge in [-0.15, -0.1) is 12.4 Å². The normalized spacial score (nSPS) is 20.8. The molecule has 80 valence electrons. The van der Waals surface area contributed by atoms with Gasteiger partial charge in [0.1, 0.15) is 0 Å². The number of rotatable bonds is 4. The van der Waals surface area contributed by atoms with E-state index in [0.29, 0.717) is 13.2 Å². The molecule has 0 saturated carbocycles. The van der Waals surface area contributed by atoms with E-state index in [1.807, 2.05) is 0 Å². The van der Waals surface area contributed by atoms with E-state index in [0.717, 1.165) is 26.3 Å². The Kier molecular flexibility index (Phi) is 7.60. The smallest absolute Gasteiger partial charge is 0.0900 e. The number of nitrogens with zero attached hydrogens (tertiary/aromatic N) is 1. The van der Waals surface area contributed by atoms with Crippen LogP contribution in [0.3, 0.4) is 0 Å². The first kappa shape index (κ1) is 13.1. The van der Waals surface area contributed by atoms with Gasteiger partial charge < -0.3 is 14.6 Å². The molecule has 1 heterocycles. The van der Waals surface area contributed by atoms with Crippen molar-refractivity contribution in [2.24, 2.45) is 0 Å². The Hall–Kier alpha value is 0.130. The molecule has 1 aliphatic rings. The summed E-state index contributed by atoms with van der Waals surface area (Å²) in [5, 5.41) is 9.39. The molecular weight excluding hydrogens is 194 g/mol. The van der Waals surface area contributed by atoms with Gasteiger partial charge in [0.25, 0.3) is 0 Å². The highest BCUT2D eigenvalue weighted by Crippen LogP contribution is 1.98. The molecule has 0 aliphatic carbocycles. The minimum atomic E-state index is -0.368. The molecule has 0 aromatic carbocycles. The maximum absolute atomic E-state index is 9.39. The zero-order valence-corrected chi connectivity index (χ0v) is 8.76. The Morgan fingerprint density at radius 1 is 1.46 bits per heavy atom. The Balaban J connectivity index is 0.00000144. The van der Waals surface area contributed by atoms with Crippen molar-refractivity contribution in [2.45, 2.75) is 6.10 Å². The van der Waals surface area contributed by atoms with Crippen molar-refractivity contribution in [3.05, 3.63) is 0 Å². The molecule has 1 atom stereocenters. The predicted molar refractivity (Wildman–Crippen MR) is 52.4 cm³/mol. The lowest BCUT2D eigenvalue weighted by atomic mass is 10.3. The van der Waals surface area contributed by atoms with Gasteiger partial charge in [-0.3, -0.25) is 4.90 Å². The number of ether oxygens (including phenoxy) is 2. The van der Waals surface area contributed by atoms with Crippen molar-refractivity contribution in [3.63, 3.8) is 0 Å². The van der Waals surface area contributed by atoms with Gasteiger partial charge in [0.15, 0.2) is 0 Å². The summed E-state index contributed by atoms with van der Waals surface area (Å²) >= 11 is 0. The Labute approximate surface area is 85.2 Å². The molecule has 0 radical (unpaired) electrons. The summed E-state index contributed by atoms with van der Waals surface area (Å²) in [6, 6.07) is 0. The number of β-amino-alcohol motifs (C(OH)–C–C–N with tert-alkyl or cyclic N) is 1. The summed E-state index contributed by atoms with van der Waals surface area (Å²) in [6.45, 7) is 4.50. The number of aliphatic hydroxyl groups excluding tert-OH is 1. The molecule has 0 amide bonds. The summed E-state index contributed by atoms with van der Waals surface area (Å²) in [4.78, 5) is 2.19. The molecule has 4 nitrogen and oxygen atoms in total. The molecule has 0 aromatic heterocycles. The first-order chi connectivity index (χ1) is 5.83. The number of hydrogen-bond acceptors (Lipinski definition) is 4. The van der Waals surface area contributed by atoms with Gasteiger partial charge in [0.05, 0.1) is 25.9 Å². The molecule has 0 aromatic rings. The molecule has 1 saturated heterocycles. The summed E-state index contributed by atoms with van der Waals surface area (Å²) < 4.78 is 10.0. The largest absolute Gasteiger partial charge is 0.389 e. The minimum absolute atomic E-state index is 0. The van der Waals surface area contributed by atoms with Crippen molar-refractivity contribution in [1.29, 1.82) is 0 Å². The zero-order chi connectivity index (χ0) is 8.81. The molecular formula is C8H18ClNO3. The molecule has 1 fully saturated rings. The van der Waals surface area contributed by atoms with Crippen molar-refractivity contribution < 1.29 is 14.6 Å². The zero-order valence-electron chi connectivity index (χ0n) is 7.94. The number of methoxy groups -OCH3 is 1. The van der Waals surface area contributed by atoms with Crippen LogP contribution in [0.4, 0.5) is 0 Å². The van der Waals surface area contributed by atoms with Gasteiger partial charge in [-0.05, 0) is 0 Å². The fourth-order valence-corrected chi connectivity index (χ4v) is 1.33. The molecule has 13 heavy (non-hydrogen) atoms. The van der Waals surface area contributed by atoms with E-state index in [1.54, 1.807) is 7.11 Å². The van der Waals surface area contributed by atoms with Gasteiger partial charge in [0.2, 0.25) is 0 Å². The molecule has 1 N–H and O–H groups in total. The van der Waals surface area contributed by atoms with Crippen LogP contribution in [-0.4, -0.2) is 62.7 Å². The lowest BCUT2D eigenvalue weighted by molar-refractivity contribution is -0.00525. The van der Waals surface area contributed by atoms with Crippen molar-refractivity contribution in [1.82, 2.24) is 4.90 Å². The Morgan fingerprint density at radius 2 is 2.08 bits per heavy atom. The number of hydrogen-bond donors (Lipinski definition) is 1. The lowest BCUT2D eigenvalue weighted by Gasteiger charge is -2.28. The van der Waals surface area contributed by atoms with E-state index in [4.69, 9.17) is 9.47 Å². The second-order valence-electron chi connectivity index (χ2n) is 3.02. The highest BCUT2D eigenvalue weighted by atomic mass is 35.5. The van der Waals surface area contributed by atoms with Gasteiger partial charge in [-0.2, -0.15) is 0 Å². The third-order valence-electron chi connectivity index (χ3n) is 1.93. The maximum Gasteiger partial charge on any atom is 0.0900 e. The van der Waals surface area contributed by atoms with Crippen LogP contribution in [0.2, 0.25) is 0 Å². The molecule has 1 unspecified atom stereocenters. The monoisotopic (exact) mass is 211 g/mol. The number of halogens is 1. The van der Waals surface area contributed by atoms with E-state index in [2.05, 4.69) is 4.90 Å². The van der Waals surface area contributed by atoms with Gasteiger partial charge in [-0.1, -0.05) is 0 Å². The number of aliphatic hydroxyl groups is 1. The topological polar surface area (TPSA) is 41.9 Å². The fourth-order valence-electron chi connectivity index (χ4n) is 1.33. The van der Waals surface area contributed by atoms with Crippen LogP contribution in [0.15, 0.2) is 0 Å². The fraction of sp³-hybridized carbons (Fsp3) is 1.00. The average molecular weight is 212 g/mol. The van der Waals surface area contributed by atoms with Crippen LogP contribution in [0.1, 0.15) is 0 Å². The molecule has 0 bridgehead atoms. The lowest BCUT2D eigenvalue weighted by Crippen LogP contribution is -2.42. The minimum Gasteiger partial charge on any atom is -0.389 e. The van der Waals surface area contributed by atoms with Crippen molar-refractivity contribution >= 4 is 12.4 Å². The quantitative estimate of drug-likeness (QED) is 0.697. The SMILES string of the molecule is COCC(O)CN1CCOCC1.Cl. The molecule has 5 heteroatoms. The average Bonchev–Trinajstić information content (AvgIpc) is 2.06. The summed E-state index contributed by atoms with van der Waals surface area (Å²) in [5.74, 6) is 0. The van der Waals surface area contributed by atoms with Gasteiger partial charge in [-0.25, -0.2) is 0 Å². The molecule has 1 rings (SSSR count). The Morgan fingerprint density at radius 3 is 2.62 bits per heavy atom. The molecule has 1 aliphatic heterocycles. The second kappa shape index (κ2) is 7.53. The van der Waals surface area contributed by atoms with Crippen molar-refractivity contribution in [2.75, 3.05) is 46.6 Å². The van der Waals surface area contributed by atoms with Crippen LogP contribution < -0.4 is 0 Å². The number of morpholine rings is 1. The second-order valence-corrected chi connectivity index (χ2v) is 3.02. The molecule has 0 spiro atoms. The van der Waals surface area contributed by atoms with Crippen LogP contribution in [0.5, 0.6) is 0 Å². The Bertz CT molecular complexity index is 120. The summed E-state index contributed by atoms with van der Waals surface area (Å²) in [7, 11) is 1.60. The first-order valence-corrected chi connectivity index (χ1v) is 4.30. The first-order valence-electron chi connectivity index (χ1n) is 4.30. The highest BCUT2D eigenvalue weighted by molar-refractivity contribution is 5.85. The summed E-state index contributed by atoms with van der Waals surface area (Å²) in [5.41, 5.74) is 0. The third-order valence-corrected chi connectivity index (χ3v) is 1.93. The van der Waals surface area contributed by atoms with Crippen molar-refractivity contribution in [3.8, 4) is 0 Å². The van der Waals surface area contributed by atoms with Crippen LogP contribution in [0.25, 0.3) is 0 Å². The maximum atomic E-state index is 9.39. The van der Waals surface area contributed by atoms with Crippen LogP contribution in [0, 0.1) is 0 Å². The van der Waals surface area contributed by atoms with E-state index in [-0.39, 0.29) is 18.5 Å². The summed E-state index contributed by atoms with van der Waals surface area (Å²) in [6.07, 6.45) is -0.368. The standard InChI is InChI=1S/C8H17NO3.ClH/c1-11-7-8(10)6-9-2-4-12-5-3-9;/h8,10H,2-7H2,1H3;1H. The van der Waals surface area contributed by atoms with E-state index < -0.39 is 0 Å². The highest BCUT2D eigenvalue weighted by Gasteiger charge is 2.13. The van der Waals surface area contributed by atoms with Gasteiger partial charge >= 0.3 is 0 Å².